The Morgan fingerprint density at radius 1 is 1.14 bits per heavy atom. The summed E-state index contributed by atoms with van der Waals surface area (Å²) in [6, 6.07) is 14.5. The standard InChI is InChI=1S/C17H20BrFN2/c1-12(20)17(14-8-4-6-10-16(14)19)21(2)11-13-7-3-5-9-15(13)18/h3-10,12,17H,11,20H2,1-2H3. The van der Waals surface area contributed by atoms with Crippen LogP contribution in [0.3, 0.4) is 0 Å². The Balaban J connectivity index is 2.27. The Bertz CT molecular complexity index is 601. The molecule has 0 radical (unpaired) electrons. The van der Waals surface area contributed by atoms with Crippen molar-refractivity contribution in [2.24, 2.45) is 5.73 Å². The summed E-state index contributed by atoms with van der Waals surface area (Å²) in [5.41, 5.74) is 7.91. The van der Waals surface area contributed by atoms with Crippen molar-refractivity contribution in [3.63, 3.8) is 0 Å². The molecule has 2 nitrogen and oxygen atoms in total. The van der Waals surface area contributed by atoms with E-state index < -0.39 is 0 Å². The second-order valence-electron chi connectivity index (χ2n) is 5.33. The summed E-state index contributed by atoms with van der Waals surface area (Å²) in [5.74, 6) is -0.209. The predicted octanol–water partition coefficient (Wildman–Crippen LogP) is 4.11. The zero-order chi connectivity index (χ0) is 15.4. The number of likely N-dealkylation sites (N-methyl/N-ethyl adjacent to an activating group) is 1. The van der Waals surface area contributed by atoms with E-state index in [4.69, 9.17) is 5.73 Å². The first-order valence-corrected chi connectivity index (χ1v) is 7.73. The van der Waals surface area contributed by atoms with E-state index in [1.165, 1.54) is 6.07 Å². The number of nitrogens with zero attached hydrogens (tertiary/aromatic N) is 1. The lowest BCUT2D eigenvalue weighted by Gasteiger charge is -2.32. The summed E-state index contributed by atoms with van der Waals surface area (Å²) in [7, 11) is 1.97. The van der Waals surface area contributed by atoms with E-state index in [9.17, 15) is 4.39 Å². The van der Waals surface area contributed by atoms with E-state index in [1.807, 2.05) is 38.2 Å². The highest BCUT2D eigenvalue weighted by Crippen LogP contribution is 2.27. The molecule has 2 atom stereocenters. The van der Waals surface area contributed by atoms with Gasteiger partial charge in [0, 0.05) is 22.6 Å². The largest absolute Gasteiger partial charge is 0.326 e. The van der Waals surface area contributed by atoms with Gasteiger partial charge in [0.25, 0.3) is 0 Å². The lowest BCUT2D eigenvalue weighted by Crippen LogP contribution is -2.37. The topological polar surface area (TPSA) is 29.3 Å². The second kappa shape index (κ2) is 7.16. The molecular weight excluding hydrogens is 331 g/mol. The average Bonchev–Trinajstić information content (AvgIpc) is 2.43. The monoisotopic (exact) mass is 350 g/mol. The zero-order valence-corrected chi connectivity index (χ0v) is 13.8. The smallest absolute Gasteiger partial charge is 0.128 e. The molecule has 0 aromatic heterocycles. The first-order chi connectivity index (χ1) is 10.0. The molecule has 0 saturated heterocycles. The Labute approximate surface area is 133 Å². The highest BCUT2D eigenvalue weighted by Gasteiger charge is 2.24. The minimum atomic E-state index is -0.209. The van der Waals surface area contributed by atoms with Gasteiger partial charge in [0.05, 0.1) is 6.04 Å². The lowest BCUT2D eigenvalue weighted by molar-refractivity contribution is 0.206. The molecule has 0 heterocycles. The van der Waals surface area contributed by atoms with Crippen LogP contribution >= 0.6 is 15.9 Å². The summed E-state index contributed by atoms with van der Waals surface area (Å²) in [6.07, 6.45) is 0. The van der Waals surface area contributed by atoms with Crippen LogP contribution in [0.15, 0.2) is 53.0 Å². The summed E-state index contributed by atoms with van der Waals surface area (Å²) in [6.45, 7) is 2.61. The molecule has 0 spiro atoms. The zero-order valence-electron chi connectivity index (χ0n) is 12.3. The molecule has 21 heavy (non-hydrogen) atoms. The Hall–Kier alpha value is -1.23. The van der Waals surface area contributed by atoms with E-state index >= 15 is 0 Å². The third kappa shape index (κ3) is 3.90. The molecule has 0 saturated carbocycles. The number of halogens is 2. The first-order valence-electron chi connectivity index (χ1n) is 6.94. The van der Waals surface area contributed by atoms with Crippen LogP contribution in [0.2, 0.25) is 0 Å². The number of hydrogen-bond acceptors (Lipinski definition) is 2. The van der Waals surface area contributed by atoms with Gasteiger partial charge in [-0.25, -0.2) is 4.39 Å². The summed E-state index contributed by atoms with van der Waals surface area (Å²) < 4.78 is 15.1. The third-order valence-corrected chi connectivity index (χ3v) is 4.35. The number of benzene rings is 2. The van der Waals surface area contributed by atoms with Gasteiger partial charge in [0.1, 0.15) is 5.82 Å². The molecule has 0 bridgehead atoms. The first kappa shape index (κ1) is 16.1. The van der Waals surface area contributed by atoms with E-state index in [0.29, 0.717) is 12.1 Å². The van der Waals surface area contributed by atoms with Crippen LogP contribution < -0.4 is 5.73 Å². The van der Waals surface area contributed by atoms with Crippen molar-refractivity contribution in [2.75, 3.05) is 7.05 Å². The molecule has 2 rings (SSSR count). The molecule has 2 aromatic rings. The maximum atomic E-state index is 14.1. The van der Waals surface area contributed by atoms with Gasteiger partial charge >= 0.3 is 0 Å². The average molecular weight is 351 g/mol. The van der Waals surface area contributed by atoms with Crippen LogP contribution in [0.4, 0.5) is 4.39 Å². The van der Waals surface area contributed by atoms with Crippen LogP contribution in [0.5, 0.6) is 0 Å². The fourth-order valence-corrected chi connectivity index (χ4v) is 3.04. The molecule has 0 aliphatic heterocycles. The van der Waals surface area contributed by atoms with Gasteiger partial charge in [-0.05, 0) is 31.7 Å². The van der Waals surface area contributed by atoms with E-state index in [-0.39, 0.29) is 17.9 Å². The maximum Gasteiger partial charge on any atom is 0.128 e. The highest BCUT2D eigenvalue weighted by molar-refractivity contribution is 9.10. The van der Waals surface area contributed by atoms with Crippen LogP contribution in [0.25, 0.3) is 0 Å². The van der Waals surface area contributed by atoms with Gasteiger partial charge < -0.3 is 5.73 Å². The van der Waals surface area contributed by atoms with Crippen molar-refractivity contribution in [2.45, 2.75) is 25.6 Å². The third-order valence-electron chi connectivity index (χ3n) is 3.57. The minimum absolute atomic E-state index is 0.168. The maximum absolute atomic E-state index is 14.1. The quantitative estimate of drug-likeness (QED) is 0.879. The molecular formula is C17H20BrFN2. The second-order valence-corrected chi connectivity index (χ2v) is 6.19. The molecule has 0 fully saturated rings. The summed E-state index contributed by atoms with van der Waals surface area (Å²) in [4.78, 5) is 2.09. The fourth-order valence-electron chi connectivity index (χ4n) is 2.63. The van der Waals surface area contributed by atoms with E-state index in [2.05, 4.69) is 26.9 Å². The van der Waals surface area contributed by atoms with Gasteiger partial charge in [-0.15, -0.1) is 0 Å². The molecule has 0 aliphatic rings. The van der Waals surface area contributed by atoms with E-state index in [0.717, 1.165) is 10.0 Å². The SMILES string of the molecule is CC(N)C(c1ccccc1F)N(C)Cc1ccccc1Br. The molecule has 2 N–H and O–H groups in total. The van der Waals surface area contributed by atoms with Crippen molar-refractivity contribution < 1.29 is 4.39 Å². The van der Waals surface area contributed by atoms with Crippen molar-refractivity contribution in [3.05, 3.63) is 69.9 Å². The molecule has 2 unspecified atom stereocenters. The van der Waals surface area contributed by atoms with Crippen molar-refractivity contribution >= 4 is 15.9 Å². The van der Waals surface area contributed by atoms with Crippen molar-refractivity contribution in [3.8, 4) is 0 Å². The normalized spacial score (nSPS) is 14.2. The van der Waals surface area contributed by atoms with Crippen LogP contribution in [0, 0.1) is 5.82 Å². The van der Waals surface area contributed by atoms with Crippen LogP contribution in [-0.4, -0.2) is 18.0 Å². The van der Waals surface area contributed by atoms with E-state index in [1.54, 1.807) is 12.1 Å². The number of nitrogens with two attached hydrogens (primary N) is 1. The fraction of sp³-hybridized carbons (Fsp3) is 0.294. The van der Waals surface area contributed by atoms with Gasteiger partial charge in [0.2, 0.25) is 0 Å². The summed E-state index contributed by atoms with van der Waals surface area (Å²) >= 11 is 3.55. The molecule has 0 aliphatic carbocycles. The molecule has 112 valence electrons. The molecule has 2 aromatic carbocycles. The Morgan fingerprint density at radius 2 is 1.76 bits per heavy atom. The molecule has 4 heteroatoms. The predicted molar refractivity (Wildman–Crippen MR) is 88.4 cm³/mol. The van der Waals surface area contributed by atoms with Crippen LogP contribution in [-0.2, 0) is 6.54 Å². The van der Waals surface area contributed by atoms with Gasteiger partial charge in [-0.1, -0.05) is 52.3 Å². The van der Waals surface area contributed by atoms with Crippen LogP contribution in [0.1, 0.15) is 24.1 Å². The number of rotatable bonds is 5. The Morgan fingerprint density at radius 3 is 2.38 bits per heavy atom. The Kier molecular flexibility index (Phi) is 5.51. The highest BCUT2D eigenvalue weighted by atomic mass is 79.9. The van der Waals surface area contributed by atoms with Gasteiger partial charge in [-0.3, -0.25) is 4.90 Å². The summed E-state index contributed by atoms with van der Waals surface area (Å²) in [5, 5.41) is 0. The van der Waals surface area contributed by atoms with Crippen molar-refractivity contribution in [1.82, 2.24) is 4.90 Å². The lowest BCUT2D eigenvalue weighted by atomic mass is 9.98. The van der Waals surface area contributed by atoms with Crippen molar-refractivity contribution in [1.29, 1.82) is 0 Å². The molecule has 0 amide bonds. The van der Waals surface area contributed by atoms with Gasteiger partial charge in [0.15, 0.2) is 0 Å². The van der Waals surface area contributed by atoms with Gasteiger partial charge in [-0.2, -0.15) is 0 Å². The minimum Gasteiger partial charge on any atom is -0.326 e. The number of hydrogen-bond donors (Lipinski definition) is 1.